The molecular weight excluding hydrogens is 474 g/mol. The highest BCUT2D eigenvalue weighted by Gasteiger charge is 2.35. The van der Waals surface area contributed by atoms with Crippen molar-refractivity contribution in [1.82, 2.24) is 20.1 Å². The van der Waals surface area contributed by atoms with Gasteiger partial charge >= 0.3 is 0 Å². The van der Waals surface area contributed by atoms with E-state index >= 15 is 0 Å². The van der Waals surface area contributed by atoms with Gasteiger partial charge in [-0.1, -0.05) is 67.2 Å². The molecule has 7 heteroatoms. The number of aromatic nitrogens is 1. The number of pyridine rings is 1. The summed E-state index contributed by atoms with van der Waals surface area (Å²) in [5.74, 6) is -0.311. The van der Waals surface area contributed by atoms with Gasteiger partial charge in [-0.3, -0.25) is 24.5 Å². The van der Waals surface area contributed by atoms with Gasteiger partial charge in [0.05, 0.1) is 11.6 Å². The average molecular weight is 508 g/mol. The van der Waals surface area contributed by atoms with Crippen molar-refractivity contribution in [2.75, 3.05) is 33.2 Å². The Bertz CT molecular complexity index is 1240. The predicted molar refractivity (Wildman–Crippen MR) is 151 cm³/mol. The first-order chi connectivity index (χ1) is 18.6. The minimum Gasteiger partial charge on any atom is -0.350 e. The monoisotopic (exact) mass is 507 g/mol. The van der Waals surface area contributed by atoms with E-state index in [0.29, 0.717) is 37.3 Å². The lowest BCUT2D eigenvalue weighted by Crippen LogP contribution is -2.59. The summed E-state index contributed by atoms with van der Waals surface area (Å²) in [5, 5.41) is 3.07. The fourth-order valence-electron chi connectivity index (χ4n) is 4.75. The Labute approximate surface area is 224 Å². The number of amides is 2. The number of nitrogens with one attached hydrogen (secondary N) is 1. The second-order valence-electron chi connectivity index (χ2n) is 9.11. The Morgan fingerprint density at radius 3 is 2.34 bits per heavy atom. The van der Waals surface area contributed by atoms with Crippen LogP contribution in [0.5, 0.6) is 0 Å². The summed E-state index contributed by atoms with van der Waals surface area (Å²) in [7, 11) is 1.68. The maximum Gasteiger partial charge on any atom is 0.253 e. The number of rotatable bonds is 9. The van der Waals surface area contributed by atoms with E-state index in [2.05, 4.69) is 51.0 Å². The fourth-order valence-corrected chi connectivity index (χ4v) is 4.75. The van der Waals surface area contributed by atoms with E-state index in [9.17, 15) is 9.59 Å². The van der Waals surface area contributed by atoms with Crippen LogP contribution in [0.25, 0.3) is 0 Å². The average Bonchev–Trinajstić information content (AvgIpc) is 2.97. The van der Waals surface area contributed by atoms with E-state index in [0.717, 1.165) is 11.1 Å². The van der Waals surface area contributed by atoms with Gasteiger partial charge in [0.15, 0.2) is 0 Å². The number of benzene rings is 2. The van der Waals surface area contributed by atoms with E-state index in [-0.39, 0.29) is 23.9 Å². The topological polar surface area (TPSA) is 77.9 Å². The first kappa shape index (κ1) is 26.7. The molecule has 1 aliphatic heterocycles. The zero-order valence-electron chi connectivity index (χ0n) is 21.6. The van der Waals surface area contributed by atoms with Gasteiger partial charge in [0.25, 0.3) is 11.8 Å². The quantitative estimate of drug-likeness (QED) is 0.271. The molecule has 3 aromatic rings. The summed E-state index contributed by atoms with van der Waals surface area (Å²) in [6.07, 6.45) is 8.20. The number of carbonyl (C=O) groups is 2. The van der Waals surface area contributed by atoms with Gasteiger partial charge in [-0.2, -0.15) is 0 Å². The largest absolute Gasteiger partial charge is 0.350 e. The Kier molecular flexibility index (Phi) is 9.32. The van der Waals surface area contributed by atoms with Gasteiger partial charge in [0.2, 0.25) is 0 Å². The molecule has 1 N–H and O–H groups in total. The van der Waals surface area contributed by atoms with Crippen molar-refractivity contribution < 1.29 is 9.59 Å². The lowest BCUT2D eigenvalue weighted by Gasteiger charge is -2.45. The molecule has 194 valence electrons. The number of hydrogen-bond acceptors (Lipinski definition) is 5. The highest BCUT2D eigenvalue weighted by molar-refractivity contribution is 5.96. The fraction of sp³-hybridized carbons (Fsp3) is 0.226. The molecule has 2 aromatic carbocycles. The Morgan fingerprint density at radius 1 is 1.05 bits per heavy atom. The number of hydrogen-bond donors (Lipinski definition) is 1. The van der Waals surface area contributed by atoms with Crippen LogP contribution in [0.4, 0.5) is 0 Å². The Balaban J connectivity index is 1.61. The van der Waals surface area contributed by atoms with Gasteiger partial charge < -0.3 is 10.2 Å². The third kappa shape index (κ3) is 6.69. The molecule has 4 rings (SSSR count). The zero-order chi connectivity index (χ0) is 26.7. The SMILES string of the molecule is C=C(/C=C\C=NC)C(=O)N1CCN(C(c2ccccc2)c2ccccc2)C(CNC(=O)c2cccnc2)C1. The van der Waals surface area contributed by atoms with E-state index in [1.165, 1.54) is 0 Å². The van der Waals surface area contributed by atoms with Gasteiger partial charge in [0, 0.05) is 63.4 Å². The highest BCUT2D eigenvalue weighted by Crippen LogP contribution is 2.32. The van der Waals surface area contributed by atoms with Crippen LogP contribution in [-0.4, -0.2) is 72.1 Å². The molecule has 0 saturated carbocycles. The molecule has 1 aliphatic rings. The van der Waals surface area contributed by atoms with Crippen LogP contribution < -0.4 is 5.32 Å². The summed E-state index contributed by atoms with van der Waals surface area (Å²) >= 11 is 0. The zero-order valence-corrected chi connectivity index (χ0v) is 21.6. The molecule has 7 nitrogen and oxygen atoms in total. The smallest absolute Gasteiger partial charge is 0.253 e. The molecule has 1 aromatic heterocycles. The van der Waals surface area contributed by atoms with E-state index in [1.807, 2.05) is 41.3 Å². The number of carbonyl (C=O) groups excluding carboxylic acids is 2. The number of allylic oxidation sites excluding steroid dienone is 1. The minimum atomic E-state index is -0.191. The molecule has 1 unspecified atom stereocenters. The first-order valence-electron chi connectivity index (χ1n) is 12.7. The van der Waals surface area contributed by atoms with Crippen LogP contribution in [0.1, 0.15) is 27.5 Å². The minimum absolute atomic E-state index is 0.0289. The molecule has 1 saturated heterocycles. The van der Waals surface area contributed by atoms with Crippen LogP contribution in [0.3, 0.4) is 0 Å². The molecule has 2 amide bonds. The van der Waals surface area contributed by atoms with Crippen LogP contribution in [0.15, 0.2) is 114 Å². The summed E-state index contributed by atoms with van der Waals surface area (Å²) in [5.41, 5.74) is 3.22. The molecular formula is C31H33N5O2. The number of nitrogens with zero attached hydrogens (tertiary/aromatic N) is 4. The molecule has 2 heterocycles. The van der Waals surface area contributed by atoms with Gasteiger partial charge in [0.1, 0.15) is 0 Å². The van der Waals surface area contributed by atoms with Crippen LogP contribution in [0.2, 0.25) is 0 Å². The van der Waals surface area contributed by atoms with Crippen molar-refractivity contribution >= 4 is 18.0 Å². The van der Waals surface area contributed by atoms with Gasteiger partial charge in [-0.15, -0.1) is 0 Å². The number of aliphatic imine (C=N–C) groups is 1. The standard InChI is InChI=1S/C31H33N5O2/c1-24(11-9-17-32-2)31(38)35-19-20-36(28(23-35)22-34-30(37)27-16-10-18-33-21-27)29(25-12-5-3-6-13-25)26-14-7-4-8-15-26/h3-18,21,28-29H,1,19-20,22-23H2,2H3,(H,34,37)/b11-9-,32-17?. The molecule has 0 bridgehead atoms. The lowest BCUT2D eigenvalue weighted by atomic mass is 9.94. The molecule has 38 heavy (non-hydrogen) atoms. The van der Waals surface area contributed by atoms with E-state index < -0.39 is 0 Å². The summed E-state index contributed by atoms with van der Waals surface area (Å²) in [4.78, 5) is 38.3. The maximum atomic E-state index is 13.2. The Morgan fingerprint density at radius 2 is 1.74 bits per heavy atom. The molecule has 0 radical (unpaired) electrons. The van der Waals surface area contributed by atoms with Crippen molar-refractivity contribution in [2.24, 2.45) is 4.99 Å². The van der Waals surface area contributed by atoms with Crippen molar-refractivity contribution in [2.45, 2.75) is 12.1 Å². The van der Waals surface area contributed by atoms with Gasteiger partial charge in [-0.25, -0.2) is 0 Å². The molecule has 0 spiro atoms. The maximum absolute atomic E-state index is 13.2. The van der Waals surface area contributed by atoms with Crippen LogP contribution in [-0.2, 0) is 4.79 Å². The third-order valence-corrected chi connectivity index (χ3v) is 6.61. The summed E-state index contributed by atoms with van der Waals surface area (Å²) < 4.78 is 0. The summed E-state index contributed by atoms with van der Waals surface area (Å²) in [6.45, 7) is 5.98. The molecule has 1 fully saturated rings. The second-order valence-corrected chi connectivity index (χ2v) is 9.11. The first-order valence-corrected chi connectivity index (χ1v) is 12.7. The normalized spacial score (nSPS) is 16.3. The molecule has 1 atom stereocenters. The van der Waals surface area contributed by atoms with Crippen LogP contribution >= 0.6 is 0 Å². The summed E-state index contributed by atoms with van der Waals surface area (Å²) in [6, 6.07) is 24.0. The second kappa shape index (κ2) is 13.3. The molecule has 0 aliphatic carbocycles. The Hall–Kier alpha value is -4.36. The third-order valence-electron chi connectivity index (χ3n) is 6.61. The van der Waals surface area contributed by atoms with Crippen molar-refractivity contribution in [3.63, 3.8) is 0 Å². The van der Waals surface area contributed by atoms with E-state index in [1.54, 1.807) is 49.9 Å². The lowest BCUT2D eigenvalue weighted by molar-refractivity contribution is -0.130. The number of piperazine rings is 1. The van der Waals surface area contributed by atoms with Crippen molar-refractivity contribution in [3.8, 4) is 0 Å². The van der Waals surface area contributed by atoms with Crippen LogP contribution in [0, 0.1) is 0 Å². The van der Waals surface area contributed by atoms with Crippen molar-refractivity contribution in [1.29, 1.82) is 0 Å². The van der Waals surface area contributed by atoms with Crippen molar-refractivity contribution in [3.05, 3.63) is 126 Å². The predicted octanol–water partition coefficient (Wildman–Crippen LogP) is 3.93. The van der Waals surface area contributed by atoms with E-state index in [4.69, 9.17) is 0 Å². The van der Waals surface area contributed by atoms with Gasteiger partial charge in [-0.05, 0) is 35.4 Å². The highest BCUT2D eigenvalue weighted by atomic mass is 16.2.